The highest BCUT2D eigenvalue weighted by Crippen LogP contribution is 2.22. The summed E-state index contributed by atoms with van der Waals surface area (Å²) in [7, 11) is 0. The lowest BCUT2D eigenvalue weighted by molar-refractivity contribution is 0.0945. The van der Waals surface area contributed by atoms with Crippen molar-refractivity contribution in [1.29, 1.82) is 0 Å². The van der Waals surface area contributed by atoms with Gasteiger partial charge >= 0.3 is 0 Å². The molecule has 0 fully saturated rings. The molecule has 5 nitrogen and oxygen atoms in total. The number of amides is 1. The van der Waals surface area contributed by atoms with Crippen LogP contribution in [0.2, 0.25) is 0 Å². The summed E-state index contributed by atoms with van der Waals surface area (Å²) in [4.78, 5) is 25.5. The van der Waals surface area contributed by atoms with Crippen LogP contribution in [0, 0.1) is 6.92 Å². The first-order valence-corrected chi connectivity index (χ1v) is 9.41. The van der Waals surface area contributed by atoms with Crippen LogP contribution in [0.3, 0.4) is 0 Å². The van der Waals surface area contributed by atoms with Crippen LogP contribution < -0.4 is 5.32 Å². The van der Waals surface area contributed by atoms with Gasteiger partial charge < -0.3 is 5.32 Å². The van der Waals surface area contributed by atoms with Gasteiger partial charge in [-0.1, -0.05) is 11.8 Å². The average molecular weight is 334 g/mol. The molecule has 116 valence electrons. The van der Waals surface area contributed by atoms with Gasteiger partial charge in [0.15, 0.2) is 0 Å². The largest absolute Gasteiger partial charge is 0.343 e. The van der Waals surface area contributed by atoms with E-state index < -0.39 is 0 Å². The number of hydrogen-bond donors (Lipinski definition) is 1. The van der Waals surface area contributed by atoms with E-state index in [4.69, 9.17) is 0 Å². The van der Waals surface area contributed by atoms with E-state index >= 15 is 0 Å². The van der Waals surface area contributed by atoms with Crippen LogP contribution >= 0.6 is 23.1 Å². The number of nitrogens with one attached hydrogen (secondary N) is 1. The van der Waals surface area contributed by atoms with E-state index in [0.29, 0.717) is 18.1 Å². The van der Waals surface area contributed by atoms with E-state index in [2.05, 4.69) is 20.3 Å². The zero-order valence-electron chi connectivity index (χ0n) is 12.7. The van der Waals surface area contributed by atoms with Crippen molar-refractivity contribution in [3.63, 3.8) is 0 Å². The van der Waals surface area contributed by atoms with Gasteiger partial charge in [0.05, 0.1) is 6.54 Å². The predicted octanol–water partition coefficient (Wildman–Crippen LogP) is 2.77. The summed E-state index contributed by atoms with van der Waals surface area (Å²) in [6.45, 7) is 2.38. The first-order valence-electron chi connectivity index (χ1n) is 7.30. The summed E-state index contributed by atoms with van der Waals surface area (Å²) in [5.41, 5.74) is 3.96. The lowest BCUT2D eigenvalue weighted by atomic mass is 9.95. The van der Waals surface area contributed by atoms with Gasteiger partial charge in [0.1, 0.15) is 15.9 Å². The fraction of sp³-hybridized carbons (Fsp3) is 0.467. The maximum absolute atomic E-state index is 12.1. The van der Waals surface area contributed by atoms with Crippen LogP contribution in [-0.2, 0) is 19.4 Å². The Morgan fingerprint density at radius 1 is 1.32 bits per heavy atom. The number of fused-ring (bicyclic) bond motifs is 1. The third-order valence-corrected chi connectivity index (χ3v) is 5.60. The normalized spacial score (nSPS) is 13.7. The molecule has 0 bridgehead atoms. The minimum atomic E-state index is -0.171. The molecule has 0 aliphatic heterocycles. The number of hydrogen-bond acceptors (Lipinski definition) is 6. The maximum Gasteiger partial charge on any atom is 0.271 e. The van der Waals surface area contributed by atoms with Gasteiger partial charge in [0.2, 0.25) is 0 Å². The number of aromatic nitrogens is 3. The summed E-state index contributed by atoms with van der Waals surface area (Å²) in [5, 5.41) is 4.64. The van der Waals surface area contributed by atoms with Crippen LogP contribution in [0.25, 0.3) is 0 Å². The number of aryl methyl sites for hydroxylation is 2. The van der Waals surface area contributed by atoms with Crippen molar-refractivity contribution in [1.82, 2.24) is 20.3 Å². The molecule has 0 radical (unpaired) electrons. The molecule has 0 saturated heterocycles. The van der Waals surface area contributed by atoms with E-state index in [-0.39, 0.29) is 5.91 Å². The van der Waals surface area contributed by atoms with Gasteiger partial charge in [-0.3, -0.25) is 4.79 Å². The van der Waals surface area contributed by atoms with E-state index in [1.54, 1.807) is 17.1 Å². The van der Waals surface area contributed by atoms with Gasteiger partial charge in [0, 0.05) is 16.8 Å². The Balaban J connectivity index is 1.68. The fourth-order valence-corrected chi connectivity index (χ4v) is 3.87. The van der Waals surface area contributed by atoms with Gasteiger partial charge in [0.25, 0.3) is 5.91 Å². The van der Waals surface area contributed by atoms with E-state index in [1.165, 1.54) is 29.7 Å². The highest BCUT2D eigenvalue weighted by atomic mass is 32.2. The Morgan fingerprint density at radius 2 is 2.14 bits per heavy atom. The summed E-state index contributed by atoms with van der Waals surface area (Å²) in [5.74, 6) is 0.516. The van der Waals surface area contributed by atoms with Crippen molar-refractivity contribution in [2.75, 3.05) is 6.26 Å². The highest BCUT2D eigenvalue weighted by molar-refractivity contribution is 8.00. The van der Waals surface area contributed by atoms with Crippen molar-refractivity contribution < 1.29 is 4.79 Å². The minimum absolute atomic E-state index is 0.171. The molecule has 1 N–H and O–H groups in total. The van der Waals surface area contributed by atoms with Crippen LogP contribution in [0.4, 0.5) is 0 Å². The number of thiazole rings is 1. The Kier molecular flexibility index (Phi) is 4.73. The lowest BCUT2D eigenvalue weighted by Crippen LogP contribution is -2.25. The maximum atomic E-state index is 12.1. The zero-order chi connectivity index (χ0) is 15.5. The first kappa shape index (κ1) is 15.4. The molecule has 0 spiro atoms. The quantitative estimate of drug-likeness (QED) is 0.871. The Morgan fingerprint density at radius 3 is 2.91 bits per heavy atom. The van der Waals surface area contributed by atoms with Crippen molar-refractivity contribution >= 4 is 29.0 Å². The van der Waals surface area contributed by atoms with Crippen molar-refractivity contribution in [2.45, 2.75) is 43.5 Å². The number of nitrogens with zero attached hydrogens (tertiary/aromatic N) is 3. The summed E-state index contributed by atoms with van der Waals surface area (Å²) in [6.07, 6.45) is 6.44. The van der Waals surface area contributed by atoms with E-state index in [1.807, 2.05) is 13.2 Å². The van der Waals surface area contributed by atoms with Crippen molar-refractivity contribution in [2.24, 2.45) is 0 Å². The second kappa shape index (κ2) is 6.75. The van der Waals surface area contributed by atoms with Crippen LogP contribution in [0.15, 0.2) is 9.72 Å². The lowest BCUT2D eigenvalue weighted by Gasteiger charge is -2.17. The standard InChI is InChI=1S/C15H18N4OS2/c1-9-10-5-3-4-6-11(10)18-13(17-9)7-16-14(20)12-8-22-15(19-12)21-2/h8H,3-7H2,1-2H3,(H,16,20). The molecule has 1 aliphatic carbocycles. The molecule has 2 heterocycles. The number of rotatable bonds is 4. The number of carbonyl (C=O) groups excluding carboxylic acids is 1. The molecule has 0 saturated carbocycles. The zero-order valence-corrected chi connectivity index (χ0v) is 14.3. The molecular weight excluding hydrogens is 316 g/mol. The third kappa shape index (κ3) is 3.30. The van der Waals surface area contributed by atoms with Crippen LogP contribution in [-0.4, -0.2) is 27.1 Å². The molecule has 7 heteroatoms. The highest BCUT2D eigenvalue weighted by Gasteiger charge is 2.16. The Bertz CT molecular complexity index is 699. The monoisotopic (exact) mass is 334 g/mol. The molecule has 0 unspecified atom stereocenters. The molecule has 2 aromatic rings. The molecule has 0 atom stereocenters. The molecule has 2 aromatic heterocycles. The molecule has 22 heavy (non-hydrogen) atoms. The molecule has 1 aliphatic rings. The first-order chi connectivity index (χ1) is 10.7. The van der Waals surface area contributed by atoms with E-state index in [9.17, 15) is 4.79 Å². The SMILES string of the molecule is CSc1nc(C(=O)NCc2nc(C)c3c(n2)CCCC3)cs1. The smallest absolute Gasteiger partial charge is 0.271 e. The average Bonchev–Trinajstić information content (AvgIpc) is 3.02. The van der Waals surface area contributed by atoms with Crippen LogP contribution in [0.5, 0.6) is 0 Å². The molecule has 1 amide bonds. The Hall–Kier alpha value is -1.47. The summed E-state index contributed by atoms with van der Waals surface area (Å²) in [6, 6.07) is 0. The molecule has 3 rings (SSSR count). The molecular formula is C15H18N4OS2. The predicted molar refractivity (Wildman–Crippen MR) is 88.5 cm³/mol. The van der Waals surface area contributed by atoms with E-state index in [0.717, 1.165) is 28.6 Å². The number of thioether (sulfide) groups is 1. The summed E-state index contributed by atoms with van der Waals surface area (Å²) >= 11 is 3.02. The second-order valence-corrected chi connectivity index (χ2v) is 7.15. The van der Waals surface area contributed by atoms with Gasteiger partial charge in [-0.05, 0) is 44.4 Å². The fourth-order valence-electron chi connectivity index (χ4n) is 2.63. The topological polar surface area (TPSA) is 67.8 Å². The Labute approximate surface area is 138 Å². The third-order valence-electron chi connectivity index (χ3n) is 3.73. The van der Waals surface area contributed by atoms with Gasteiger partial charge in [-0.25, -0.2) is 15.0 Å². The minimum Gasteiger partial charge on any atom is -0.343 e. The second-order valence-electron chi connectivity index (χ2n) is 5.24. The van der Waals surface area contributed by atoms with Crippen LogP contribution in [0.1, 0.15) is 46.1 Å². The van der Waals surface area contributed by atoms with Crippen molar-refractivity contribution in [3.8, 4) is 0 Å². The molecule has 0 aromatic carbocycles. The van der Waals surface area contributed by atoms with Gasteiger partial charge in [-0.2, -0.15) is 0 Å². The van der Waals surface area contributed by atoms with Gasteiger partial charge in [-0.15, -0.1) is 11.3 Å². The van der Waals surface area contributed by atoms with Crippen molar-refractivity contribution in [3.05, 3.63) is 33.8 Å². The summed E-state index contributed by atoms with van der Waals surface area (Å²) < 4.78 is 0.894. The number of carbonyl (C=O) groups is 1.